The predicted octanol–water partition coefficient (Wildman–Crippen LogP) is 3.80. The first-order valence-electron chi connectivity index (χ1n) is 10.5. The normalized spacial score (nSPS) is 16.9. The quantitative estimate of drug-likeness (QED) is 0.729. The van der Waals surface area contributed by atoms with Crippen molar-refractivity contribution in [2.75, 3.05) is 27.3 Å². The third-order valence-corrected chi connectivity index (χ3v) is 6.09. The summed E-state index contributed by atoms with van der Waals surface area (Å²) in [6.07, 6.45) is 3.51. The molecule has 30 heavy (non-hydrogen) atoms. The monoisotopic (exact) mass is 408 g/mol. The van der Waals surface area contributed by atoms with E-state index in [0.717, 1.165) is 37.1 Å². The molecule has 158 valence electrons. The fraction of sp³-hybridized carbons (Fsp3) is 0.417. The van der Waals surface area contributed by atoms with Crippen LogP contribution in [0, 0.1) is 0 Å². The maximum atomic E-state index is 13.2. The summed E-state index contributed by atoms with van der Waals surface area (Å²) >= 11 is 0. The zero-order chi connectivity index (χ0) is 21.1. The van der Waals surface area contributed by atoms with Gasteiger partial charge < -0.3 is 19.3 Å². The van der Waals surface area contributed by atoms with Crippen LogP contribution in [0.3, 0.4) is 0 Å². The summed E-state index contributed by atoms with van der Waals surface area (Å²) in [7, 11) is 3.18. The van der Waals surface area contributed by atoms with E-state index >= 15 is 0 Å². The van der Waals surface area contributed by atoms with Crippen LogP contribution in [0.4, 0.5) is 0 Å². The molecule has 0 bridgehead atoms. The van der Waals surface area contributed by atoms with Gasteiger partial charge in [0.2, 0.25) is 5.91 Å². The van der Waals surface area contributed by atoms with Crippen molar-refractivity contribution in [3.63, 3.8) is 0 Å². The maximum absolute atomic E-state index is 13.2. The number of hydrogen-bond acceptors (Lipinski definition) is 4. The Balaban J connectivity index is 1.67. The van der Waals surface area contributed by atoms with Crippen LogP contribution >= 0.6 is 0 Å². The number of likely N-dealkylation sites (tertiary alicyclic amines) is 1. The number of carbonyl (C=O) groups excluding carboxylic acids is 2. The molecule has 0 unspecified atom stereocenters. The van der Waals surface area contributed by atoms with Crippen LogP contribution in [0.2, 0.25) is 0 Å². The number of ether oxygens (including phenoxy) is 2. The number of methoxy groups -OCH3 is 2. The first-order valence-corrected chi connectivity index (χ1v) is 10.5. The Labute approximate surface area is 177 Å². The molecule has 0 radical (unpaired) electrons. The Bertz CT molecular complexity index is 937. The van der Waals surface area contributed by atoms with E-state index in [1.165, 1.54) is 6.42 Å². The minimum atomic E-state index is -0.362. The number of nitrogens with zero attached hydrogens (tertiary/aromatic N) is 2. The summed E-state index contributed by atoms with van der Waals surface area (Å²) in [4.78, 5) is 30.1. The molecule has 0 aliphatic carbocycles. The Morgan fingerprint density at radius 1 is 1.00 bits per heavy atom. The van der Waals surface area contributed by atoms with Crippen molar-refractivity contribution in [3.8, 4) is 11.5 Å². The van der Waals surface area contributed by atoms with E-state index in [1.54, 1.807) is 14.2 Å². The van der Waals surface area contributed by atoms with Crippen LogP contribution in [-0.2, 0) is 11.3 Å². The standard InChI is InChI=1S/C24H28N2O4/c1-29-21-11-10-17(14-22(21)30-2)20(15-23(27)25-12-6-3-7-13-25)26-16-18-8-4-5-9-19(18)24(26)28/h4-5,8-11,14,20H,3,6-7,12-13,15-16H2,1-2H3/t20-/m1/s1. The molecule has 6 nitrogen and oxygen atoms in total. The van der Waals surface area contributed by atoms with Crippen LogP contribution in [0.25, 0.3) is 0 Å². The van der Waals surface area contributed by atoms with Gasteiger partial charge >= 0.3 is 0 Å². The Hall–Kier alpha value is -3.02. The molecule has 1 fully saturated rings. The first-order chi connectivity index (χ1) is 14.6. The van der Waals surface area contributed by atoms with Gasteiger partial charge in [-0.1, -0.05) is 24.3 Å². The first kappa shape index (κ1) is 20.3. The van der Waals surface area contributed by atoms with E-state index in [4.69, 9.17) is 9.47 Å². The number of benzene rings is 2. The van der Waals surface area contributed by atoms with Gasteiger partial charge in [0, 0.05) is 25.2 Å². The molecular weight excluding hydrogens is 380 g/mol. The summed E-state index contributed by atoms with van der Waals surface area (Å²) in [5.41, 5.74) is 2.59. The summed E-state index contributed by atoms with van der Waals surface area (Å²) in [5.74, 6) is 1.28. The molecule has 2 aromatic rings. The molecule has 6 heteroatoms. The smallest absolute Gasteiger partial charge is 0.255 e. The average Bonchev–Trinajstić information content (AvgIpc) is 3.13. The van der Waals surface area contributed by atoms with Crippen molar-refractivity contribution in [2.45, 2.75) is 38.3 Å². The zero-order valence-corrected chi connectivity index (χ0v) is 17.6. The number of carbonyl (C=O) groups is 2. The lowest BCUT2D eigenvalue weighted by Crippen LogP contribution is -2.39. The van der Waals surface area contributed by atoms with E-state index in [-0.39, 0.29) is 24.3 Å². The van der Waals surface area contributed by atoms with Crippen molar-refractivity contribution >= 4 is 11.8 Å². The second-order valence-electron chi connectivity index (χ2n) is 7.87. The highest BCUT2D eigenvalue weighted by molar-refractivity contribution is 5.98. The highest BCUT2D eigenvalue weighted by Crippen LogP contribution is 2.37. The topological polar surface area (TPSA) is 59.1 Å². The fourth-order valence-electron chi connectivity index (χ4n) is 4.43. The molecule has 0 aromatic heterocycles. The van der Waals surface area contributed by atoms with Crippen LogP contribution < -0.4 is 9.47 Å². The molecule has 0 saturated carbocycles. The van der Waals surface area contributed by atoms with Crippen molar-refractivity contribution in [1.82, 2.24) is 9.80 Å². The summed E-state index contributed by atoms with van der Waals surface area (Å²) in [6.45, 7) is 2.10. The Morgan fingerprint density at radius 2 is 1.73 bits per heavy atom. The van der Waals surface area contributed by atoms with Crippen LogP contribution in [-0.4, -0.2) is 48.9 Å². The van der Waals surface area contributed by atoms with Crippen molar-refractivity contribution in [3.05, 3.63) is 59.2 Å². The molecule has 1 atom stereocenters. The highest BCUT2D eigenvalue weighted by atomic mass is 16.5. The number of amides is 2. The second kappa shape index (κ2) is 8.78. The molecular formula is C24H28N2O4. The highest BCUT2D eigenvalue weighted by Gasteiger charge is 2.35. The number of hydrogen-bond donors (Lipinski definition) is 0. The Kier molecular flexibility index (Phi) is 5.93. The molecule has 0 spiro atoms. The van der Waals surface area contributed by atoms with Gasteiger partial charge in [-0.05, 0) is 48.6 Å². The van der Waals surface area contributed by atoms with Crippen LogP contribution in [0.15, 0.2) is 42.5 Å². The molecule has 0 N–H and O–H groups in total. The SMILES string of the molecule is COc1ccc([C@@H](CC(=O)N2CCCCC2)N2Cc3ccccc3C2=O)cc1OC. The number of fused-ring (bicyclic) bond motifs is 1. The van der Waals surface area contributed by atoms with Gasteiger partial charge in [0.25, 0.3) is 5.91 Å². The van der Waals surface area contributed by atoms with Gasteiger partial charge in [0.15, 0.2) is 11.5 Å². The maximum Gasteiger partial charge on any atom is 0.255 e. The molecule has 2 aliphatic rings. The average molecular weight is 408 g/mol. The molecule has 4 rings (SSSR count). The minimum absolute atomic E-state index is 0.0307. The summed E-state index contributed by atoms with van der Waals surface area (Å²) < 4.78 is 10.8. The number of rotatable bonds is 6. The van der Waals surface area contributed by atoms with E-state index < -0.39 is 0 Å². The lowest BCUT2D eigenvalue weighted by molar-refractivity contribution is -0.133. The lowest BCUT2D eigenvalue weighted by Gasteiger charge is -2.32. The van der Waals surface area contributed by atoms with Gasteiger partial charge in [0.05, 0.1) is 26.7 Å². The van der Waals surface area contributed by atoms with Crippen molar-refractivity contribution in [2.24, 2.45) is 0 Å². The van der Waals surface area contributed by atoms with Gasteiger partial charge in [-0.2, -0.15) is 0 Å². The Morgan fingerprint density at radius 3 is 2.43 bits per heavy atom. The molecule has 2 amide bonds. The summed E-state index contributed by atoms with van der Waals surface area (Å²) in [5, 5.41) is 0. The van der Waals surface area contributed by atoms with Gasteiger partial charge in [-0.25, -0.2) is 0 Å². The van der Waals surface area contributed by atoms with E-state index in [1.807, 2.05) is 52.3 Å². The summed E-state index contributed by atoms with van der Waals surface area (Å²) in [6, 6.07) is 12.9. The van der Waals surface area contributed by atoms with Crippen molar-refractivity contribution < 1.29 is 19.1 Å². The third kappa shape index (κ3) is 3.86. The fourth-order valence-corrected chi connectivity index (χ4v) is 4.43. The van der Waals surface area contributed by atoms with Gasteiger partial charge in [0.1, 0.15) is 0 Å². The largest absolute Gasteiger partial charge is 0.493 e. The van der Waals surface area contributed by atoms with E-state index in [2.05, 4.69) is 0 Å². The number of piperidine rings is 1. The molecule has 2 aromatic carbocycles. The van der Waals surface area contributed by atoms with Crippen LogP contribution in [0.1, 0.15) is 53.2 Å². The third-order valence-electron chi connectivity index (χ3n) is 6.09. The zero-order valence-electron chi connectivity index (χ0n) is 17.6. The van der Waals surface area contributed by atoms with Crippen molar-refractivity contribution in [1.29, 1.82) is 0 Å². The molecule has 2 heterocycles. The van der Waals surface area contributed by atoms with E-state index in [0.29, 0.717) is 23.6 Å². The van der Waals surface area contributed by atoms with Crippen LogP contribution in [0.5, 0.6) is 11.5 Å². The molecule has 1 saturated heterocycles. The molecule has 2 aliphatic heterocycles. The minimum Gasteiger partial charge on any atom is -0.493 e. The van der Waals surface area contributed by atoms with Gasteiger partial charge in [-0.15, -0.1) is 0 Å². The van der Waals surface area contributed by atoms with E-state index in [9.17, 15) is 9.59 Å². The predicted molar refractivity (Wildman–Crippen MR) is 114 cm³/mol. The lowest BCUT2D eigenvalue weighted by atomic mass is 9.99. The van der Waals surface area contributed by atoms with Gasteiger partial charge in [-0.3, -0.25) is 9.59 Å². The second-order valence-corrected chi connectivity index (χ2v) is 7.87.